The van der Waals surface area contributed by atoms with E-state index in [1.807, 2.05) is 0 Å². The minimum atomic E-state index is -0.472. The van der Waals surface area contributed by atoms with Crippen LogP contribution in [0.4, 0.5) is 0 Å². The van der Waals surface area contributed by atoms with E-state index in [-0.39, 0.29) is 17.9 Å². The van der Waals surface area contributed by atoms with E-state index < -0.39 is 5.54 Å². The number of hydrogen-bond donors (Lipinski definition) is 3. The molecule has 0 radical (unpaired) electrons. The van der Waals surface area contributed by atoms with Crippen LogP contribution in [-0.4, -0.2) is 49.5 Å². The molecule has 0 aromatic carbocycles. The maximum absolute atomic E-state index is 12.5. The van der Waals surface area contributed by atoms with Crippen LogP contribution in [0.5, 0.6) is 0 Å². The Labute approximate surface area is 108 Å². The van der Waals surface area contributed by atoms with Crippen LogP contribution in [0.25, 0.3) is 0 Å². The Hall–Kier alpha value is -0.650. The number of nitrogens with one attached hydrogen (secondary N) is 2. The van der Waals surface area contributed by atoms with Gasteiger partial charge in [0.05, 0.1) is 17.6 Å². The zero-order valence-corrected chi connectivity index (χ0v) is 11.1. The second kappa shape index (κ2) is 5.55. The minimum absolute atomic E-state index is 0.00464. The smallest absolute Gasteiger partial charge is 0.228 e. The summed E-state index contributed by atoms with van der Waals surface area (Å²) in [6.45, 7) is 4.91. The fourth-order valence-electron chi connectivity index (χ4n) is 2.86. The molecule has 0 aromatic heterocycles. The van der Waals surface area contributed by atoms with Gasteiger partial charge in [-0.2, -0.15) is 0 Å². The lowest BCUT2D eigenvalue weighted by molar-refractivity contribution is -0.134. The van der Waals surface area contributed by atoms with Gasteiger partial charge in [-0.25, -0.2) is 0 Å². The van der Waals surface area contributed by atoms with Gasteiger partial charge in [0, 0.05) is 19.8 Å². The first-order chi connectivity index (χ1) is 8.66. The Morgan fingerprint density at radius 1 is 1.39 bits per heavy atom. The average molecular weight is 256 g/mol. The van der Waals surface area contributed by atoms with Crippen molar-refractivity contribution in [2.45, 2.75) is 38.1 Å². The SMILES string of the molecule is CCC1(C(=O)NC2(CO)CCOCC2)CCNC1. The summed E-state index contributed by atoms with van der Waals surface area (Å²) in [4.78, 5) is 12.5. The van der Waals surface area contributed by atoms with Crippen LogP contribution in [0.15, 0.2) is 0 Å². The molecule has 1 atom stereocenters. The van der Waals surface area contributed by atoms with Crippen molar-refractivity contribution in [1.29, 1.82) is 0 Å². The van der Waals surface area contributed by atoms with E-state index in [9.17, 15) is 9.90 Å². The minimum Gasteiger partial charge on any atom is -0.394 e. The number of rotatable bonds is 4. The zero-order chi connectivity index (χ0) is 13.1. The van der Waals surface area contributed by atoms with E-state index in [2.05, 4.69) is 17.6 Å². The van der Waals surface area contributed by atoms with Crippen LogP contribution in [0.3, 0.4) is 0 Å². The molecule has 3 N–H and O–H groups in total. The molecule has 2 heterocycles. The number of aliphatic hydroxyl groups excluding tert-OH is 1. The lowest BCUT2D eigenvalue weighted by Crippen LogP contribution is -2.58. The van der Waals surface area contributed by atoms with Gasteiger partial charge in [0.15, 0.2) is 0 Å². The van der Waals surface area contributed by atoms with Crippen LogP contribution in [-0.2, 0) is 9.53 Å². The van der Waals surface area contributed by atoms with Crippen LogP contribution in [0.2, 0.25) is 0 Å². The Balaban J connectivity index is 2.04. The van der Waals surface area contributed by atoms with E-state index >= 15 is 0 Å². The molecule has 0 spiro atoms. The van der Waals surface area contributed by atoms with Crippen molar-refractivity contribution in [2.75, 3.05) is 32.9 Å². The normalized spacial score (nSPS) is 31.2. The van der Waals surface area contributed by atoms with Crippen molar-refractivity contribution >= 4 is 5.91 Å². The number of hydrogen-bond acceptors (Lipinski definition) is 4. The number of ether oxygens (including phenoxy) is 1. The number of carbonyl (C=O) groups is 1. The summed E-state index contributed by atoms with van der Waals surface area (Å²) < 4.78 is 5.31. The van der Waals surface area contributed by atoms with Crippen molar-refractivity contribution in [3.63, 3.8) is 0 Å². The molecule has 0 aromatic rings. The van der Waals surface area contributed by atoms with Gasteiger partial charge in [-0.15, -0.1) is 0 Å². The monoisotopic (exact) mass is 256 g/mol. The van der Waals surface area contributed by atoms with Gasteiger partial charge >= 0.3 is 0 Å². The van der Waals surface area contributed by atoms with Gasteiger partial charge < -0.3 is 20.5 Å². The Morgan fingerprint density at radius 2 is 2.11 bits per heavy atom. The van der Waals surface area contributed by atoms with Gasteiger partial charge in [0.2, 0.25) is 5.91 Å². The van der Waals surface area contributed by atoms with Crippen molar-refractivity contribution in [3.05, 3.63) is 0 Å². The first-order valence-electron chi connectivity index (χ1n) is 6.88. The molecule has 5 nitrogen and oxygen atoms in total. The van der Waals surface area contributed by atoms with Crippen LogP contribution in [0.1, 0.15) is 32.6 Å². The lowest BCUT2D eigenvalue weighted by Gasteiger charge is -2.39. The van der Waals surface area contributed by atoms with Gasteiger partial charge in [-0.05, 0) is 32.2 Å². The van der Waals surface area contributed by atoms with Crippen molar-refractivity contribution in [2.24, 2.45) is 5.41 Å². The van der Waals surface area contributed by atoms with Crippen LogP contribution in [0, 0.1) is 5.41 Å². The summed E-state index contributed by atoms with van der Waals surface area (Å²) >= 11 is 0. The Bertz CT molecular complexity index is 295. The van der Waals surface area contributed by atoms with E-state index in [1.165, 1.54) is 0 Å². The highest BCUT2D eigenvalue weighted by atomic mass is 16.5. The fraction of sp³-hybridized carbons (Fsp3) is 0.923. The molecule has 0 bridgehead atoms. The molecule has 2 aliphatic heterocycles. The molecule has 104 valence electrons. The second-order valence-electron chi connectivity index (χ2n) is 5.57. The molecule has 0 aliphatic carbocycles. The summed E-state index contributed by atoms with van der Waals surface area (Å²) in [6, 6.07) is 0. The molecule has 2 saturated heterocycles. The maximum atomic E-state index is 12.5. The Morgan fingerprint density at radius 3 is 2.61 bits per heavy atom. The molecule has 2 aliphatic rings. The predicted molar refractivity (Wildman–Crippen MR) is 68.2 cm³/mol. The molecule has 1 amide bonds. The third kappa shape index (κ3) is 2.53. The van der Waals surface area contributed by atoms with E-state index in [0.29, 0.717) is 26.1 Å². The summed E-state index contributed by atoms with van der Waals surface area (Å²) in [6.07, 6.45) is 3.11. The van der Waals surface area contributed by atoms with Crippen molar-refractivity contribution in [1.82, 2.24) is 10.6 Å². The summed E-state index contributed by atoms with van der Waals surface area (Å²) in [5.74, 6) is 0.0888. The number of carbonyl (C=O) groups excluding carboxylic acids is 1. The lowest BCUT2D eigenvalue weighted by atomic mass is 9.81. The molecule has 18 heavy (non-hydrogen) atoms. The maximum Gasteiger partial charge on any atom is 0.228 e. The highest BCUT2D eigenvalue weighted by molar-refractivity contribution is 5.84. The standard InChI is InChI=1S/C13H24N2O3/c1-2-12(3-6-14-9-12)11(17)15-13(10-16)4-7-18-8-5-13/h14,16H,2-10H2,1H3,(H,15,17). The van der Waals surface area contributed by atoms with Gasteiger partial charge in [-0.3, -0.25) is 4.79 Å². The van der Waals surface area contributed by atoms with Gasteiger partial charge in [0.1, 0.15) is 0 Å². The number of aliphatic hydroxyl groups is 1. The molecule has 2 rings (SSSR count). The van der Waals surface area contributed by atoms with Gasteiger partial charge in [0.25, 0.3) is 0 Å². The van der Waals surface area contributed by atoms with Crippen molar-refractivity contribution in [3.8, 4) is 0 Å². The summed E-state index contributed by atoms with van der Waals surface area (Å²) in [7, 11) is 0. The van der Waals surface area contributed by atoms with E-state index in [1.54, 1.807) is 0 Å². The third-order valence-electron chi connectivity index (χ3n) is 4.53. The Kier molecular flexibility index (Phi) is 4.25. The molecule has 0 saturated carbocycles. The third-order valence-corrected chi connectivity index (χ3v) is 4.53. The molecule has 2 fully saturated rings. The van der Waals surface area contributed by atoms with Gasteiger partial charge in [-0.1, -0.05) is 6.92 Å². The summed E-state index contributed by atoms with van der Waals surface area (Å²) in [5, 5.41) is 16.0. The fourth-order valence-corrected chi connectivity index (χ4v) is 2.86. The van der Waals surface area contributed by atoms with Crippen LogP contribution < -0.4 is 10.6 Å². The number of amides is 1. The molecular formula is C13H24N2O3. The molecule has 1 unspecified atom stereocenters. The predicted octanol–water partition coefficient (Wildman–Crippen LogP) is 0.0338. The molecular weight excluding hydrogens is 232 g/mol. The van der Waals surface area contributed by atoms with Crippen molar-refractivity contribution < 1.29 is 14.6 Å². The van der Waals surface area contributed by atoms with E-state index in [0.717, 1.165) is 25.9 Å². The topological polar surface area (TPSA) is 70.6 Å². The first-order valence-corrected chi connectivity index (χ1v) is 6.88. The zero-order valence-electron chi connectivity index (χ0n) is 11.1. The largest absolute Gasteiger partial charge is 0.394 e. The molecule has 5 heteroatoms. The highest BCUT2D eigenvalue weighted by Crippen LogP contribution is 2.31. The average Bonchev–Trinajstić information content (AvgIpc) is 2.90. The van der Waals surface area contributed by atoms with Crippen LogP contribution >= 0.6 is 0 Å². The quantitative estimate of drug-likeness (QED) is 0.664. The second-order valence-corrected chi connectivity index (χ2v) is 5.57. The highest BCUT2D eigenvalue weighted by Gasteiger charge is 2.43. The first kappa shape index (κ1) is 13.8. The summed E-state index contributed by atoms with van der Waals surface area (Å²) in [5.41, 5.74) is -0.763. The van der Waals surface area contributed by atoms with E-state index in [4.69, 9.17) is 4.74 Å².